The van der Waals surface area contributed by atoms with E-state index in [9.17, 15) is 4.39 Å². The number of hydrogen-bond acceptors (Lipinski definition) is 7. The summed E-state index contributed by atoms with van der Waals surface area (Å²) in [6.45, 7) is 7.14. The van der Waals surface area contributed by atoms with Crippen LogP contribution in [-0.4, -0.2) is 51.2 Å². The standard InChI is InChI=1S/C17H19FN6O/c1-11(17-21-12(2)22-25-17)23-5-7-24(8-6-23)16-14-9-13(18)3-4-15(14)19-10-20-16/h3-4,9-11H,5-8H2,1-2H3. The molecule has 0 aliphatic carbocycles. The number of aromatic nitrogens is 4. The number of piperazine rings is 1. The Balaban J connectivity index is 1.51. The lowest BCUT2D eigenvalue weighted by Gasteiger charge is -2.37. The van der Waals surface area contributed by atoms with Crippen molar-refractivity contribution in [1.29, 1.82) is 0 Å². The highest BCUT2D eigenvalue weighted by Crippen LogP contribution is 2.26. The Morgan fingerprint density at radius 1 is 1.16 bits per heavy atom. The second-order valence-corrected chi connectivity index (χ2v) is 6.24. The minimum Gasteiger partial charge on any atom is -0.353 e. The van der Waals surface area contributed by atoms with E-state index in [1.165, 1.54) is 18.5 Å². The van der Waals surface area contributed by atoms with Gasteiger partial charge in [0.15, 0.2) is 5.82 Å². The van der Waals surface area contributed by atoms with Crippen molar-refractivity contribution < 1.29 is 8.91 Å². The number of benzene rings is 1. The molecule has 2 aromatic heterocycles. The molecule has 0 N–H and O–H groups in total. The number of hydrogen-bond donors (Lipinski definition) is 0. The van der Waals surface area contributed by atoms with E-state index in [0.29, 0.717) is 11.7 Å². The predicted molar refractivity (Wildman–Crippen MR) is 90.7 cm³/mol. The molecule has 1 unspecified atom stereocenters. The minimum absolute atomic E-state index is 0.0722. The first-order chi connectivity index (χ1) is 12.1. The fourth-order valence-electron chi connectivity index (χ4n) is 3.23. The average molecular weight is 342 g/mol. The molecule has 3 aromatic rings. The van der Waals surface area contributed by atoms with Gasteiger partial charge >= 0.3 is 0 Å². The van der Waals surface area contributed by atoms with Crippen molar-refractivity contribution in [2.75, 3.05) is 31.1 Å². The molecule has 0 radical (unpaired) electrons. The van der Waals surface area contributed by atoms with Crippen LogP contribution in [0, 0.1) is 12.7 Å². The number of halogens is 1. The van der Waals surface area contributed by atoms with Crippen LogP contribution in [0.25, 0.3) is 10.9 Å². The monoisotopic (exact) mass is 342 g/mol. The van der Waals surface area contributed by atoms with Crippen LogP contribution < -0.4 is 4.90 Å². The molecule has 4 rings (SSSR count). The van der Waals surface area contributed by atoms with Crippen LogP contribution in [0.5, 0.6) is 0 Å². The SMILES string of the molecule is Cc1noc(C(C)N2CCN(c3ncnc4ccc(F)cc34)CC2)n1. The topological polar surface area (TPSA) is 71.2 Å². The highest BCUT2D eigenvalue weighted by Gasteiger charge is 2.26. The van der Waals surface area contributed by atoms with Crippen molar-refractivity contribution in [3.8, 4) is 0 Å². The molecular weight excluding hydrogens is 323 g/mol. The van der Waals surface area contributed by atoms with Crippen molar-refractivity contribution >= 4 is 16.7 Å². The molecule has 1 aromatic carbocycles. The molecule has 0 saturated carbocycles. The summed E-state index contributed by atoms with van der Waals surface area (Å²) in [6.07, 6.45) is 1.53. The summed E-state index contributed by atoms with van der Waals surface area (Å²) in [5, 5.41) is 4.61. The lowest BCUT2D eigenvalue weighted by molar-refractivity contribution is 0.164. The van der Waals surface area contributed by atoms with E-state index in [1.54, 1.807) is 6.07 Å². The summed E-state index contributed by atoms with van der Waals surface area (Å²) in [5.41, 5.74) is 0.753. The quantitative estimate of drug-likeness (QED) is 0.723. The first-order valence-corrected chi connectivity index (χ1v) is 8.31. The van der Waals surface area contributed by atoms with Gasteiger partial charge in [0, 0.05) is 31.6 Å². The van der Waals surface area contributed by atoms with Crippen LogP contribution in [0.3, 0.4) is 0 Å². The van der Waals surface area contributed by atoms with Crippen LogP contribution in [0.15, 0.2) is 29.0 Å². The highest BCUT2D eigenvalue weighted by atomic mass is 19.1. The van der Waals surface area contributed by atoms with Crippen molar-refractivity contribution in [3.63, 3.8) is 0 Å². The maximum Gasteiger partial charge on any atom is 0.243 e. The zero-order valence-electron chi connectivity index (χ0n) is 14.2. The number of fused-ring (bicyclic) bond motifs is 1. The smallest absolute Gasteiger partial charge is 0.243 e. The summed E-state index contributed by atoms with van der Waals surface area (Å²) in [6, 6.07) is 4.68. The van der Waals surface area contributed by atoms with E-state index in [-0.39, 0.29) is 11.9 Å². The third-order valence-electron chi connectivity index (χ3n) is 4.64. The molecule has 1 aliphatic heterocycles. The van der Waals surface area contributed by atoms with Gasteiger partial charge in [-0.05, 0) is 32.0 Å². The highest BCUT2D eigenvalue weighted by molar-refractivity contribution is 5.89. The van der Waals surface area contributed by atoms with Gasteiger partial charge in [-0.3, -0.25) is 4.90 Å². The van der Waals surface area contributed by atoms with Gasteiger partial charge in [-0.1, -0.05) is 5.16 Å². The number of nitrogens with zero attached hydrogens (tertiary/aromatic N) is 6. The Morgan fingerprint density at radius 3 is 2.68 bits per heavy atom. The predicted octanol–water partition coefficient (Wildman–Crippen LogP) is 2.34. The largest absolute Gasteiger partial charge is 0.353 e. The van der Waals surface area contributed by atoms with Crippen LogP contribution in [-0.2, 0) is 0 Å². The molecule has 1 atom stereocenters. The molecule has 1 saturated heterocycles. The normalized spacial score (nSPS) is 17.2. The summed E-state index contributed by atoms with van der Waals surface area (Å²) in [7, 11) is 0. The Labute approximate surface area is 144 Å². The summed E-state index contributed by atoms with van der Waals surface area (Å²) < 4.78 is 18.9. The van der Waals surface area contributed by atoms with E-state index in [1.807, 2.05) is 6.92 Å². The molecule has 0 spiro atoms. The van der Waals surface area contributed by atoms with E-state index in [4.69, 9.17) is 4.52 Å². The molecule has 8 heteroatoms. The lowest BCUT2D eigenvalue weighted by atomic mass is 10.2. The molecular formula is C17H19FN6O. The van der Waals surface area contributed by atoms with Gasteiger partial charge in [0.05, 0.1) is 11.6 Å². The van der Waals surface area contributed by atoms with Gasteiger partial charge in [0.2, 0.25) is 5.89 Å². The van der Waals surface area contributed by atoms with Crippen molar-refractivity contribution in [2.45, 2.75) is 19.9 Å². The molecule has 0 amide bonds. The Morgan fingerprint density at radius 2 is 1.96 bits per heavy atom. The Hall–Kier alpha value is -2.61. The average Bonchev–Trinajstić information content (AvgIpc) is 3.07. The number of rotatable bonds is 3. The Kier molecular flexibility index (Phi) is 4.04. The van der Waals surface area contributed by atoms with Gasteiger partial charge in [-0.15, -0.1) is 0 Å². The fourth-order valence-corrected chi connectivity index (χ4v) is 3.23. The zero-order chi connectivity index (χ0) is 17.4. The summed E-state index contributed by atoms with van der Waals surface area (Å²) >= 11 is 0. The minimum atomic E-state index is -0.275. The first-order valence-electron chi connectivity index (χ1n) is 8.31. The van der Waals surface area contributed by atoms with Gasteiger partial charge in [0.1, 0.15) is 18.0 Å². The van der Waals surface area contributed by atoms with Crippen molar-refractivity contribution in [3.05, 3.63) is 42.1 Å². The lowest BCUT2D eigenvalue weighted by Crippen LogP contribution is -2.47. The van der Waals surface area contributed by atoms with Gasteiger partial charge in [-0.2, -0.15) is 4.98 Å². The van der Waals surface area contributed by atoms with Gasteiger partial charge in [0.25, 0.3) is 0 Å². The van der Waals surface area contributed by atoms with Crippen LogP contribution in [0.1, 0.15) is 24.7 Å². The molecule has 130 valence electrons. The van der Waals surface area contributed by atoms with Gasteiger partial charge < -0.3 is 9.42 Å². The van der Waals surface area contributed by atoms with E-state index in [2.05, 4.69) is 36.8 Å². The number of anilines is 1. The van der Waals surface area contributed by atoms with Crippen LogP contribution in [0.2, 0.25) is 0 Å². The summed E-state index contributed by atoms with van der Waals surface area (Å²) in [4.78, 5) is 17.4. The maximum atomic E-state index is 13.6. The molecule has 0 bridgehead atoms. The first kappa shape index (κ1) is 15.9. The second kappa shape index (κ2) is 6.36. The Bertz CT molecular complexity index is 890. The van der Waals surface area contributed by atoms with Crippen LogP contribution in [0.4, 0.5) is 10.2 Å². The van der Waals surface area contributed by atoms with Gasteiger partial charge in [-0.25, -0.2) is 14.4 Å². The third kappa shape index (κ3) is 3.05. The molecule has 1 fully saturated rings. The van der Waals surface area contributed by atoms with E-state index >= 15 is 0 Å². The number of aryl methyl sites for hydroxylation is 1. The molecule has 7 nitrogen and oxygen atoms in total. The third-order valence-corrected chi connectivity index (χ3v) is 4.64. The molecule has 25 heavy (non-hydrogen) atoms. The van der Waals surface area contributed by atoms with Crippen molar-refractivity contribution in [1.82, 2.24) is 25.0 Å². The van der Waals surface area contributed by atoms with E-state index < -0.39 is 0 Å². The van der Waals surface area contributed by atoms with Crippen molar-refractivity contribution in [2.24, 2.45) is 0 Å². The second-order valence-electron chi connectivity index (χ2n) is 6.24. The fraction of sp³-hybridized carbons (Fsp3) is 0.412. The molecule has 1 aliphatic rings. The maximum absolute atomic E-state index is 13.6. The van der Waals surface area contributed by atoms with Crippen LogP contribution >= 0.6 is 0 Å². The zero-order valence-corrected chi connectivity index (χ0v) is 14.2. The summed E-state index contributed by atoms with van der Waals surface area (Å²) in [5.74, 6) is 1.79. The van der Waals surface area contributed by atoms with E-state index in [0.717, 1.165) is 42.9 Å². The molecule has 3 heterocycles.